The number of halogens is 1. The highest BCUT2D eigenvalue weighted by Gasteiger charge is 2.49. The van der Waals surface area contributed by atoms with Gasteiger partial charge in [0.05, 0.1) is 16.5 Å². The summed E-state index contributed by atoms with van der Waals surface area (Å²) in [6.45, 7) is 1.51. The largest absolute Gasteiger partial charge is 0.391 e. The summed E-state index contributed by atoms with van der Waals surface area (Å²) >= 11 is 6.64. The zero-order valence-corrected chi connectivity index (χ0v) is 16.6. The van der Waals surface area contributed by atoms with Crippen LogP contribution in [0.15, 0.2) is 48.5 Å². The highest BCUT2D eigenvalue weighted by molar-refractivity contribution is 6.33. The molecule has 1 N–H and O–H groups in total. The average Bonchev–Trinajstić information content (AvgIpc) is 3.25. The van der Waals surface area contributed by atoms with E-state index < -0.39 is 0 Å². The van der Waals surface area contributed by atoms with Crippen molar-refractivity contribution in [3.8, 4) is 11.4 Å². The summed E-state index contributed by atoms with van der Waals surface area (Å²) in [5.74, 6) is 1.78. The molecule has 2 aromatic carbocycles. The van der Waals surface area contributed by atoms with Crippen LogP contribution >= 0.6 is 11.6 Å². The van der Waals surface area contributed by atoms with Gasteiger partial charge in [-0.05, 0) is 43.0 Å². The van der Waals surface area contributed by atoms with E-state index in [4.69, 9.17) is 11.6 Å². The maximum Gasteiger partial charge on any atom is 0.165 e. The molecule has 6 heteroatoms. The van der Waals surface area contributed by atoms with Gasteiger partial charge in [0.15, 0.2) is 5.82 Å². The lowest BCUT2D eigenvalue weighted by atomic mass is 9.95. The van der Waals surface area contributed by atoms with Crippen LogP contribution in [0, 0.1) is 0 Å². The van der Waals surface area contributed by atoms with Crippen LogP contribution in [0.4, 0.5) is 5.69 Å². The molecule has 1 aliphatic carbocycles. The van der Waals surface area contributed by atoms with E-state index in [9.17, 15) is 5.11 Å². The minimum atomic E-state index is -0.257. The molecule has 0 bridgehead atoms. The lowest BCUT2D eigenvalue weighted by molar-refractivity contribution is 0.198. The van der Waals surface area contributed by atoms with Gasteiger partial charge in [-0.25, -0.2) is 0 Å². The molecule has 28 heavy (non-hydrogen) atoms. The first kappa shape index (κ1) is 17.7. The van der Waals surface area contributed by atoms with Crippen molar-refractivity contribution in [3.63, 3.8) is 0 Å². The predicted octanol–water partition coefficient (Wildman–Crippen LogP) is 3.79. The summed E-state index contributed by atoms with van der Waals surface area (Å²) in [5, 5.41) is 19.5. The molecular formula is C22H23ClN4O. The molecule has 0 amide bonds. The van der Waals surface area contributed by atoms with Crippen LogP contribution in [0.1, 0.15) is 30.7 Å². The van der Waals surface area contributed by atoms with Crippen molar-refractivity contribution in [1.29, 1.82) is 0 Å². The van der Waals surface area contributed by atoms with E-state index in [0.717, 1.165) is 48.7 Å². The van der Waals surface area contributed by atoms with Crippen molar-refractivity contribution in [2.24, 2.45) is 7.05 Å². The molecule has 1 aromatic heterocycles. The van der Waals surface area contributed by atoms with Gasteiger partial charge in [-0.1, -0.05) is 41.9 Å². The second-order valence-corrected chi connectivity index (χ2v) is 8.31. The van der Waals surface area contributed by atoms with Crippen LogP contribution in [-0.4, -0.2) is 39.1 Å². The zero-order chi connectivity index (χ0) is 19.3. The number of anilines is 1. The highest BCUT2D eigenvalue weighted by Crippen LogP contribution is 2.53. The summed E-state index contributed by atoms with van der Waals surface area (Å²) in [7, 11) is 2.02. The highest BCUT2D eigenvalue weighted by atomic mass is 35.5. The number of benzene rings is 2. The lowest BCUT2D eigenvalue weighted by Gasteiger charge is -2.19. The molecule has 1 unspecified atom stereocenters. The van der Waals surface area contributed by atoms with E-state index in [-0.39, 0.29) is 11.5 Å². The first-order valence-corrected chi connectivity index (χ1v) is 10.1. The fourth-order valence-electron chi connectivity index (χ4n) is 4.36. The Bertz CT molecular complexity index is 1010. The van der Waals surface area contributed by atoms with Gasteiger partial charge in [-0.2, -0.15) is 0 Å². The molecule has 1 saturated heterocycles. The number of aliphatic hydroxyl groups is 1. The molecular weight excluding hydrogens is 372 g/mol. The Morgan fingerprint density at radius 2 is 1.89 bits per heavy atom. The number of nitrogens with zero attached hydrogens (tertiary/aromatic N) is 4. The van der Waals surface area contributed by atoms with E-state index in [2.05, 4.69) is 50.0 Å². The molecule has 144 valence electrons. The van der Waals surface area contributed by atoms with Gasteiger partial charge >= 0.3 is 0 Å². The van der Waals surface area contributed by atoms with Crippen molar-refractivity contribution in [2.45, 2.75) is 30.8 Å². The molecule has 0 spiro atoms. The lowest BCUT2D eigenvalue weighted by Crippen LogP contribution is -2.21. The van der Waals surface area contributed by atoms with Crippen LogP contribution < -0.4 is 4.90 Å². The van der Waals surface area contributed by atoms with Crippen LogP contribution in [0.5, 0.6) is 0 Å². The van der Waals surface area contributed by atoms with E-state index in [1.165, 1.54) is 5.56 Å². The summed E-state index contributed by atoms with van der Waals surface area (Å²) in [6, 6.07) is 16.6. The first-order valence-electron chi connectivity index (χ1n) is 9.77. The second kappa shape index (κ2) is 6.61. The number of hydrogen-bond donors (Lipinski definition) is 1. The maximum absolute atomic E-state index is 9.78. The second-order valence-electron chi connectivity index (χ2n) is 7.91. The fourth-order valence-corrected chi connectivity index (χ4v) is 4.62. The summed E-state index contributed by atoms with van der Waals surface area (Å²) < 4.78 is 2.08. The first-order chi connectivity index (χ1) is 13.6. The van der Waals surface area contributed by atoms with Crippen LogP contribution in [-0.2, 0) is 12.5 Å². The Kier molecular flexibility index (Phi) is 4.18. The standard InChI is InChI=1S/C22H23ClN4O/c1-26-20(18-8-7-16(13-19(18)23)27-12-9-17(28)14-27)24-25-21(26)22(10-11-22)15-5-3-2-4-6-15/h2-8,13,17,28H,9-12,14H2,1H3. The van der Waals surface area contributed by atoms with E-state index >= 15 is 0 Å². The third kappa shape index (κ3) is 2.81. The molecule has 1 aliphatic heterocycles. The van der Waals surface area contributed by atoms with Gasteiger partial charge in [-0.15, -0.1) is 10.2 Å². The topological polar surface area (TPSA) is 54.2 Å². The smallest absolute Gasteiger partial charge is 0.165 e. The van der Waals surface area contributed by atoms with Crippen molar-refractivity contribution in [3.05, 3.63) is 64.9 Å². The predicted molar refractivity (Wildman–Crippen MR) is 111 cm³/mol. The van der Waals surface area contributed by atoms with Crippen LogP contribution in [0.2, 0.25) is 5.02 Å². The SMILES string of the molecule is Cn1c(-c2ccc(N3CCC(O)C3)cc2Cl)nnc1C1(c2ccccc2)CC1. The third-order valence-electron chi connectivity index (χ3n) is 6.10. The Morgan fingerprint density at radius 1 is 1.11 bits per heavy atom. The van der Waals surface area contributed by atoms with E-state index in [1.807, 2.05) is 25.2 Å². The number of rotatable bonds is 4. The number of hydrogen-bond acceptors (Lipinski definition) is 4. The minimum Gasteiger partial charge on any atom is -0.391 e. The summed E-state index contributed by atoms with van der Waals surface area (Å²) in [4.78, 5) is 2.16. The fraction of sp³-hybridized carbons (Fsp3) is 0.364. The normalized spacial score (nSPS) is 20.5. The van der Waals surface area contributed by atoms with Crippen LogP contribution in [0.3, 0.4) is 0 Å². The Morgan fingerprint density at radius 3 is 2.54 bits per heavy atom. The Balaban J connectivity index is 1.49. The molecule has 2 aliphatic rings. The quantitative estimate of drug-likeness (QED) is 0.731. The summed E-state index contributed by atoms with van der Waals surface area (Å²) in [6.07, 6.45) is 2.72. The van der Waals surface area contributed by atoms with Gasteiger partial charge in [0.2, 0.25) is 0 Å². The Hall–Kier alpha value is -2.37. The van der Waals surface area contributed by atoms with Crippen LogP contribution in [0.25, 0.3) is 11.4 Å². The van der Waals surface area contributed by atoms with Crippen molar-refractivity contribution in [2.75, 3.05) is 18.0 Å². The zero-order valence-electron chi connectivity index (χ0n) is 15.8. The van der Waals surface area contributed by atoms with Gasteiger partial charge in [0.25, 0.3) is 0 Å². The van der Waals surface area contributed by atoms with Crippen molar-refractivity contribution < 1.29 is 5.11 Å². The minimum absolute atomic E-state index is 0.0284. The maximum atomic E-state index is 9.78. The molecule has 5 nitrogen and oxygen atoms in total. The Labute approximate surface area is 169 Å². The van der Waals surface area contributed by atoms with E-state index in [1.54, 1.807) is 0 Å². The van der Waals surface area contributed by atoms with Gasteiger partial charge in [-0.3, -0.25) is 0 Å². The third-order valence-corrected chi connectivity index (χ3v) is 6.41. The van der Waals surface area contributed by atoms with E-state index in [0.29, 0.717) is 11.6 Å². The average molecular weight is 395 g/mol. The number of aliphatic hydroxyl groups excluding tert-OH is 1. The van der Waals surface area contributed by atoms with Gasteiger partial charge < -0.3 is 14.6 Å². The monoisotopic (exact) mass is 394 g/mol. The molecule has 3 aromatic rings. The summed E-state index contributed by atoms with van der Waals surface area (Å²) in [5.41, 5.74) is 3.19. The van der Waals surface area contributed by atoms with Gasteiger partial charge in [0, 0.05) is 31.4 Å². The molecule has 5 rings (SSSR count). The molecule has 0 radical (unpaired) electrons. The van der Waals surface area contributed by atoms with Crippen molar-refractivity contribution in [1.82, 2.24) is 14.8 Å². The van der Waals surface area contributed by atoms with Gasteiger partial charge in [0.1, 0.15) is 5.82 Å². The molecule has 2 fully saturated rings. The molecule has 1 saturated carbocycles. The number of β-amino-alcohol motifs (C(OH)–C–C–N with tert-alkyl or cyclic N) is 1. The molecule has 2 heterocycles. The number of aromatic nitrogens is 3. The van der Waals surface area contributed by atoms with Crippen molar-refractivity contribution >= 4 is 17.3 Å². The molecule has 1 atom stereocenters.